The molecule has 0 aromatic heterocycles. The zero-order valence-corrected chi connectivity index (χ0v) is 5.87. The number of hydrogen-bond acceptors (Lipinski definition) is 4. The summed E-state index contributed by atoms with van der Waals surface area (Å²) in [5.74, 6) is 0.355. The van der Waals surface area contributed by atoms with E-state index in [4.69, 9.17) is 14.6 Å². The van der Waals surface area contributed by atoms with Gasteiger partial charge in [-0.2, -0.15) is 0 Å². The van der Waals surface area contributed by atoms with E-state index < -0.39 is 6.10 Å². The van der Waals surface area contributed by atoms with Crippen LogP contribution in [0.25, 0.3) is 0 Å². The van der Waals surface area contributed by atoms with Crippen LogP contribution in [-0.2, 0) is 14.3 Å². The second-order valence-electron chi connectivity index (χ2n) is 2.60. The molecule has 1 aliphatic heterocycles. The molecule has 2 aliphatic rings. The van der Waals surface area contributed by atoms with Gasteiger partial charge in [0.2, 0.25) is 0 Å². The topological polar surface area (TPSA) is 55.8 Å². The van der Waals surface area contributed by atoms with Gasteiger partial charge >= 0.3 is 0 Å². The van der Waals surface area contributed by atoms with Gasteiger partial charge in [-0.25, -0.2) is 0 Å². The first-order valence-corrected chi connectivity index (χ1v) is 3.44. The van der Waals surface area contributed by atoms with E-state index in [9.17, 15) is 4.79 Å². The van der Waals surface area contributed by atoms with Gasteiger partial charge in [-0.1, -0.05) is 0 Å². The minimum Gasteiger partial charge on any atom is -0.471 e. The Balaban J connectivity index is 2.27. The predicted molar refractivity (Wildman–Crippen MR) is 34.6 cm³/mol. The van der Waals surface area contributed by atoms with E-state index in [1.165, 1.54) is 0 Å². The van der Waals surface area contributed by atoms with Gasteiger partial charge in [-0.15, -0.1) is 0 Å². The smallest absolute Gasteiger partial charge is 0.193 e. The fraction of sp³-hybridized carbons (Fsp3) is 0.571. The van der Waals surface area contributed by atoms with Crippen LogP contribution in [0, 0.1) is 0 Å². The summed E-state index contributed by atoms with van der Waals surface area (Å²) in [7, 11) is 0. The van der Waals surface area contributed by atoms with Crippen molar-refractivity contribution >= 4 is 5.78 Å². The maximum absolute atomic E-state index is 11.1. The Morgan fingerprint density at radius 3 is 3.09 bits per heavy atom. The fourth-order valence-electron chi connectivity index (χ4n) is 1.28. The van der Waals surface area contributed by atoms with Crippen molar-refractivity contribution in [2.24, 2.45) is 0 Å². The third-order valence-corrected chi connectivity index (χ3v) is 1.88. The Labute approximate surface area is 63.4 Å². The number of aliphatic hydroxyl groups is 1. The van der Waals surface area contributed by atoms with Crippen molar-refractivity contribution in [3.05, 3.63) is 11.3 Å². The molecular weight excluding hydrogens is 148 g/mol. The zero-order chi connectivity index (χ0) is 7.84. The van der Waals surface area contributed by atoms with Gasteiger partial charge < -0.3 is 14.6 Å². The van der Waals surface area contributed by atoms with E-state index in [2.05, 4.69) is 0 Å². The summed E-state index contributed by atoms with van der Waals surface area (Å²) in [6, 6.07) is 0. The predicted octanol–water partition coefficient (Wildman–Crippen LogP) is -0.422. The van der Waals surface area contributed by atoms with E-state index in [-0.39, 0.29) is 19.2 Å². The van der Waals surface area contributed by atoms with Gasteiger partial charge in [0, 0.05) is 6.42 Å². The molecule has 0 aromatic rings. The van der Waals surface area contributed by atoms with Crippen LogP contribution < -0.4 is 0 Å². The number of aliphatic hydroxyl groups excluding tert-OH is 1. The Hall–Kier alpha value is -0.870. The van der Waals surface area contributed by atoms with E-state index >= 15 is 0 Å². The standard InChI is InChI=1S/C7H8O4/c8-5-1-6-4(7(5)9)2-10-3-11-6/h5,8H,1-3H2. The molecular formula is C7H8O4. The minimum absolute atomic E-state index is 0.193. The third kappa shape index (κ3) is 0.948. The molecule has 0 spiro atoms. The Morgan fingerprint density at radius 2 is 2.36 bits per heavy atom. The molecule has 1 aliphatic carbocycles. The summed E-state index contributed by atoms with van der Waals surface area (Å²) in [4.78, 5) is 11.1. The second kappa shape index (κ2) is 2.32. The number of ether oxygens (including phenoxy) is 2. The number of carbonyl (C=O) groups is 1. The van der Waals surface area contributed by atoms with Gasteiger partial charge in [0.1, 0.15) is 11.9 Å². The van der Waals surface area contributed by atoms with Crippen LogP contribution in [-0.4, -0.2) is 30.4 Å². The van der Waals surface area contributed by atoms with E-state index in [0.29, 0.717) is 17.8 Å². The maximum atomic E-state index is 11.1. The van der Waals surface area contributed by atoms with E-state index in [0.717, 1.165) is 0 Å². The van der Waals surface area contributed by atoms with Crippen LogP contribution in [0.5, 0.6) is 0 Å². The summed E-state index contributed by atoms with van der Waals surface area (Å²) in [6.45, 7) is 0.476. The number of Topliss-reactive ketones (excluding diaryl/α,β-unsaturated/α-hetero) is 1. The van der Waals surface area contributed by atoms with Crippen molar-refractivity contribution in [1.82, 2.24) is 0 Å². The van der Waals surface area contributed by atoms with Gasteiger partial charge in [-0.3, -0.25) is 4.79 Å². The molecule has 0 fully saturated rings. The molecule has 1 N–H and O–H groups in total. The largest absolute Gasteiger partial charge is 0.471 e. The molecule has 4 heteroatoms. The molecule has 0 bridgehead atoms. The average molecular weight is 156 g/mol. The van der Waals surface area contributed by atoms with Crippen LogP contribution in [0.3, 0.4) is 0 Å². The van der Waals surface area contributed by atoms with Crippen molar-refractivity contribution in [3.63, 3.8) is 0 Å². The van der Waals surface area contributed by atoms with Crippen molar-refractivity contribution < 1.29 is 19.4 Å². The monoisotopic (exact) mass is 156 g/mol. The molecule has 0 amide bonds. The Kier molecular flexibility index (Phi) is 1.44. The van der Waals surface area contributed by atoms with Gasteiger partial charge in [-0.05, 0) is 0 Å². The number of carbonyl (C=O) groups excluding carboxylic acids is 1. The molecule has 0 saturated carbocycles. The molecule has 11 heavy (non-hydrogen) atoms. The normalized spacial score (nSPS) is 30.3. The highest BCUT2D eigenvalue weighted by Crippen LogP contribution is 2.27. The van der Waals surface area contributed by atoms with Crippen LogP contribution in [0.1, 0.15) is 6.42 Å². The highest BCUT2D eigenvalue weighted by atomic mass is 16.7. The fourth-order valence-corrected chi connectivity index (χ4v) is 1.28. The minimum atomic E-state index is -0.901. The molecule has 0 saturated heterocycles. The zero-order valence-electron chi connectivity index (χ0n) is 5.87. The molecule has 1 heterocycles. The Morgan fingerprint density at radius 1 is 1.55 bits per heavy atom. The molecule has 4 nitrogen and oxygen atoms in total. The third-order valence-electron chi connectivity index (χ3n) is 1.88. The lowest BCUT2D eigenvalue weighted by Gasteiger charge is -2.14. The van der Waals surface area contributed by atoms with Crippen LogP contribution in [0.2, 0.25) is 0 Å². The van der Waals surface area contributed by atoms with Crippen LogP contribution in [0.15, 0.2) is 11.3 Å². The van der Waals surface area contributed by atoms with E-state index in [1.54, 1.807) is 0 Å². The van der Waals surface area contributed by atoms with Crippen LogP contribution >= 0.6 is 0 Å². The lowest BCUT2D eigenvalue weighted by Crippen LogP contribution is -2.18. The number of rotatable bonds is 0. The molecule has 60 valence electrons. The summed E-state index contributed by atoms with van der Waals surface area (Å²) >= 11 is 0. The first-order valence-electron chi connectivity index (χ1n) is 3.44. The van der Waals surface area contributed by atoms with Crippen molar-refractivity contribution in [2.45, 2.75) is 12.5 Å². The van der Waals surface area contributed by atoms with Crippen LogP contribution in [0.4, 0.5) is 0 Å². The van der Waals surface area contributed by atoms with Gasteiger partial charge in [0.25, 0.3) is 0 Å². The first kappa shape index (κ1) is 6.82. The number of hydrogen-bond donors (Lipinski definition) is 1. The van der Waals surface area contributed by atoms with Crippen molar-refractivity contribution in [1.29, 1.82) is 0 Å². The molecule has 1 atom stereocenters. The van der Waals surface area contributed by atoms with E-state index in [1.807, 2.05) is 0 Å². The molecule has 2 rings (SSSR count). The number of ketones is 1. The summed E-state index contributed by atoms with van der Waals surface area (Å²) < 4.78 is 9.91. The molecule has 1 unspecified atom stereocenters. The van der Waals surface area contributed by atoms with Gasteiger partial charge in [0.15, 0.2) is 12.6 Å². The highest BCUT2D eigenvalue weighted by molar-refractivity contribution is 6.02. The maximum Gasteiger partial charge on any atom is 0.193 e. The lowest BCUT2D eigenvalue weighted by atomic mass is 10.2. The SMILES string of the molecule is O=C1C2=C(CC1O)OCOC2. The summed E-state index contributed by atoms with van der Waals surface area (Å²) in [6.07, 6.45) is -0.584. The quantitative estimate of drug-likeness (QED) is 0.517. The van der Waals surface area contributed by atoms with Crippen molar-refractivity contribution in [2.75, 3.05) is 13.4 Å². The van der Waals surface area contributed by atoms with Gasteiger partial charge in [0.05, 0.1) is 12.2 Å². The first-order chi connectivity index (χ1) is 5.29. The Bertz CT molecular complexity index is 231. The molecule has 0 radical (unpaired) electrons. The second-order valence-corrected chi connectivity index (χ2v) is 2.60. The highest BCUT2D eigenvalue weighted by Gasteiger charge is 2.34. The molecule has 0 aromatic carbocycles. The average Bonchev–Trinajstić information content (AvgIpc) is 2.30. The summed E-state index contributed by atoms with van der Waals surface area (Å²) in [5.41, 5.74) is 0.503. The summed E-state index contributed by atoms with van der Waals surface area (Å²) in [5, 5.41) is 9.10. The lowest BCUT2D eigenvalue weighted by molar-refractivity contribution is -0.122. The van der Waals surface area contributed by atoms with Crippen molar-refractivity contribution in [3.8, 4) is 0 Å².